The smallest absolute Gasteiger partial charge is 0.194 e. The van der Waals surface area contributed by atoms with Gasteiger partial charge in [0, 0.05) is 16.8 Å². The first-order chi connectivity index (χ1) is 9.93. The van der Waals surface area contributed by atoms with E-state index < -0.39 is 11.9 Å². The molecule has 6 heteroatoms. The average molecular weight is 327 g/mol. The van der Waals surface area contributed by atoms with Crippen LogP contribution in [-0.2, 0) is 0 Å². The van der Waals surface area contributed by atoms with Gasteiger partial charge in [-0.15, -0.1) is 0 Å². The van der Waals surface area contributed by atoms with Crippen molar-refractivity contribution in [1.29, 1.82) is 0 Å². The molecule has 0 aliphatic carbocycles. The molecule has 1 unspecified atom stereocenters. The highest BCUT2D eigenvalue weighted by Gasteiger charge is 2.19. The van der Waals surface area contributed by atoms with Crippen molar-refractivity contribution >= 4 is 35.7 Å². The van der Waals surface area contributed by atoms with Crippen molar-refractivity contribution in [3.63, 3.8) is 0 Å². The minimum absolute atomic E-state index is 0.0521. The van der Waals surface area contributed by atoms with Gasteiger partial charge in [-0.05, 0) is 44.3 Å². The van der Waals surface area contributed by atoms with Crippen LogP contribution in [0.5, 0.6) is 5.75 Å². The van der Waals surface area contributed by atoms with Crippen LogP contribution >= 0.6 is 23.2 Å². The second-order valence-corrected chi connectivity index (χ2v) is 5.29. The number of pyridine rings is 1. The highest BCUT2D eigenvalue weighted by Crippen LogP contribution is 2.36. The summed E-state index contributed by atoms with van der Waals surface area (Å²) in [5, 5.41) is 0.284. The van der Waals surface area contributed by atoms with E-state index in [1.807, 2.05) is 6.92 Å². The Morgan fingerprint density at radius 1 is 1.38 bits per heavy atom. The van der Waals surface area contributed by atoms with E-state index in [9.17, 15) is 4.39 Å². The van der Waals surface area contributed by atoms with Crippen LogP contribution in [0.3, 0.4) is 0 Å². The quantitative estimate of drug-likeness (QED) is 0.563. The van der Waals surface area contributed by atoms with E-state index in [1.165, 1.54) is 12.1 Å². The largest absolute Gasteiger partial charge is 0.482 e. The Morgan fingerprint density at radius 3 is 2.76 bits per heavy atom. The van der Waals surface area contributed by atoms with Gasteiger partial charge in [-0.3, -0.25) is 0 Å². The van der Waals surface area contributed by atoms with Crippen LogP contribution in [0.1, 0.15) is 24.2 Å². The molecule has 2 rings (SSSR count). The molecule has 0 saturated heterocycles. The van der Waals surface area contributed by atoms with Gasteiger partial charge in [-0.1, -0.05) is 23.2 Å². The molecule has 0 spiro atoms. The van der Waals surface area contributed by atoms with E-state index in [0.717, 1.165) is 5.56 Å². The summed E-state index contributed by atoms with van der Waals surface area (Å²) in [5.41, 5.74) is 1.29. The molecule has 1 atom stereocenters. The number of halogens is 3. The number of aryl methyl sites for hydroxylation is 1. The predicted octanol–water partition coefficient (Wildman–Crippen LogP) is 5.31. The van der Waals surface area contributed by atoms with Gasteiger partial charge in [0.25, 0.3) is 0 Å². The molecule has 0 bridgehead atoms. The molecule has 1 aromatic heterocycles. The minimum Gasteiger partial charge on any atom is -0.482 e. The fourth-order valence-electron chi connectivity index (χ4n) is 1.91. The number of nitrogens with zero attached hydrogens (tertiary/aromatic N) is 2. The Hall–Kier alpha value is -1.65. The third-order valence-corrected chi connectivity index (χ3v) is 3.62. The van der Waals surface area contributed by atoms with Gasteiger partial charge in [-0.2, -0.15) is 0 Å². The van der Waals surface area contributed by atoms with Crippen molar-refractivity contribution in [3.8, 4) is 5.75 Å². The van der Waals surface area contributed by atoms with Crippen molar-refractivity contribution in [2.75, 3.05) is 0 Å². The van der Waals surface area contributed by atoms with Gasteiger partial charge < -0.3 is 4.74 Å². The van der Waals surface area contributed by atoms with Crippen molar-refractivity contribution in [2.45, 2.75) is 20.0 Å². The predicted molar refractivity (Wildman–Crippen MR) is 83.6 cm³/mol. The molecule has 110 valence electrons. The van der Waals surface area contributed by atoms with Crippen LogP contribution in [0.15, 0.2) is 29.4 Å². The molecule has 0 aliphatic rings. The van der Waals surface area contributed by atoms with E-state index >= 15 is 0 Å². The fraction of sp³-hybridized carbons (Fsp3) is 0.200. The van der Waals surface area contributed by atoms with Crippen LogP contribution in [0.25, 0.3) is 0 Å². The molecule has 2 aromatic rings. The number of rotatable bonds is 4. The van der Waals surface area contributed by atoms with Crippen molar-refractivity contribution in [2.24, 2.45) is 4.99 Å². The van der Waals surface area contributed by atoms with Crippen molar-refractivity contribution in [3.05, 3.63) is 51.4 Å². The Balaban J connectivity index is 2.39. The zero-order chi connectivity index (χ0) is 15.6. The molecule has 21 heavy (non-hydrogen) atoms. The summed E-state index contributed by atoms with van der Waals surface area (Å²) in [6, 6.07) is 4.43. The lowest BCUT2D eigenvalue weighted by molar-refractivity contribution is 0.227. The lowest BCUT2D eigenvalue weighted by Crippen LogP contribution is -2.06. The number of benzene rings is 1. The molecule has 0 amide bonds. The second kappa shape index (κ2) is 6.41. The summed E-state index contributed by atoms with van der Waals surface area (Å²) in [6.45, 7) is 7.04. The Labute approximate surface area is 132 Å². The highest BCUT2D eigenvalue weighted by atomic mass is 35.5. The Morgan fingerprint density at radius 2 is 2.10 bits per heavy atom. The summed E-state index contributed by atoms with van der Waals surface area (Å²) < 4.78 is 19.4. The minimum atomic E-state index is -0.565. The van der Waals surface area contributed by atoms with E-state index in [4.69, 9.17) is 27.9 Å². The van der Waals surface area contributed by atoms with Gasteiger partial charge in [0.05, 0.1) is 5.02 Å². The summed E-state index contributed by atoms with van der Waals surface area (Å²) in [6.07, 6.45) is 1.09. The zero-order valence-electron chi connectivity index (χ0n) is 11.5. The lowest BCUT2D eigenvalue weighted by Gasteiger charge is -2.19. The van der Waals surface area contributed by atoms with Crippen LogP contribution in [-0.4, -0.2) is 11.7 Å². The number of hydrogen-bond acceptors (Lipinski definition) is 3. The van der Waals surface area contributed by atoms with Gasteiger partial charge in [0.2, 0.25) is 0 Å². The van der Waals surface area contributed by atoms with E-state index in [2.05, 4.69) is 16.7 Å². The number of aromatic nitrogens is 1. The van der Waals surface area contributed by atoms with Crippen molar-refractivity contribution < 1.29 is 9.13 Å². The van der Waals surface area contributed by atoms with E-state index in [1.54, 1.807) is 19.2 Å². The molecule has 3 nitrogen and oxygen atoms in total. The Bertz CT molecular complexity index is 692. The summed E-state index contributed by atoms with van der Waals surface area (Å²) in [7, 11) is 0. The molecule has 1 heterocycles. The third-order valence-electron chi connectivity index (χ3n) is 2.91. The highest BCUT2D eigenvalue weighted by molar-refractivity contribution is 6.36. The number of aliphatic imine (C=N–C) groups is 1. The molecular weight excluding hydrogens is 314 g/mol. The third kappa shape index (κ3) is 3.34. The first-order valence-electron chi connectivity index (χ1n) is 6.17. The SMILES string of the molecule is C=Nc1ncc(C)cc1OC(C)c1c(Cl)ccc(F)c1Cl. The maximum atomic E-state index is 13.6. The van der Waals surface area contributed by atoms with Crippen molar-refractivity contribution in [1.82, 2.24) is 4.98 Å². The maximum absolute atomic E-state index is 13.6. The maximum Gasteiger partial charge on any atom is 0.194 e. The van der Waals surface area contributed by atoms with E-state index in [-0.39, 0.29) is 5.02 Å². The van der Waals surface area contributed by atoms with Gasteiger partial charge in [0.15, 0.2) is 11.6 Å². The standard InChI is InChI=1S/C15H13Cl2FN2O/c1-8-6-12(15(19-3)20-7-8)21-9(2)13-10(16)4-5-11(18)14(13)17/h4-7,9H,3H2,1-2H3. The molecule has 0 aliphatic heterocycles. The molecule has 0 saturated carbocycles. The first kappa shape index (κ1) is 15.7. The second-order valence-electron chi connectivity index (χ2n) is 4.51. The summed E-state index contributed by atoms with van der Waals surface area (Å²) in [5.74, 6) is 0.251. The molecule has 0 radical (unpaired) electrons. The molecule has 0 N–H and O–H groups in total. The fourth-order valence-corrected chi connectivity index (χ4v) is 2.58. The van der Waals surface area contributed by atoms with E-state index in [0.29, 0.717) is 22.2 Å². The first-order valence-corrected chi connectivity index (χ1v) is 6.93. The van der Waals surface area contributed by atoms with Crippen LogP contribution in [0.4, 0.5) is 10.2 Å². The number of hydrogen-bond donors (Lipinski definition) is 0. The van der Waals surface area contributed by atoms with Crippen LogP contribution in [0.2, 0.25) is 10.0 Å². The molecule has 0 fully saturated rings. The van der Waals surface area contributed by atoms with Crippen LogP contribution in [0, 0.1) is 12.7 Å². The zero-order valence-corrected chi connectivity index (χ0v) is 13.0. The monoisotopic (exact) mass is 326 g/mol. The Kier molecular flexibility index (Phi) is 4.80. The topological polar surface area (TPSA) is 34.5 Å². The summed E-state index contributed by atoms with van der Waals surface area (Å²) in [4.78, 5) is 7.91. The average Bonchev–Trinajstić information content (AvgIpc) is 2.43. The van der Waals surface area contributed by atoms with Crippen LogP contribution < -0.4 is 4.74 Å². The molecular formula is C15H13Cl2FN2O. The van der Waals surface area contributed by atoms with Gasteiger partial charge in [0.1, 0.15) is 11.9 Å². The summed E-state index contributed by atoms with van der Waals surface area (Å²) >= 11 is 12.1. The number of ether oxygens (including phenoxy) is 1. The lowest BCUT2D eigenvalue weighted by atomic mass is 10.1. The molecule has 1 aromatic carbocycles. The van der Waals surface area contributed by atoms with Gasteiger partial charge >= 0.3 is 0 Å². The van der Waals surface area contributed by atoms with Gasteiger partial charge in [-0.25, -0.2) is 14.4 Å². The normalized spacial score (nSPS) is 12.0.